The van der Waals surface area contributed by atoms with E-state index in [2.05, 4.69) is 17.0 Å². The van der Waals surface area contributed by atoms with Crippen LogP contribution in [-0.2, 0) is 4.74 Å². The maximum Gasteiger partial charge on any atom is 0.506 e. The zero-order valence-corrected chi connectivity index (χ0v) is 6.54. The molecular formula is C7H13NO3. The highest BCUT2D eigenvalue weighted by molar-refractivity contribution is 5.57. The maximum absolute atomic E-state index is 10.1. The summed E-state index contributed by atoms with van der Waals surface area (Å²) in [6.07, 6.45) is 0.494. The van der Waals surface area contributed by atoms with Crippen LogP contribution in [0.3, 0.4) is 0 Å². The molecule has 0 aromatic rings. The molecule has 0 bridgehead atoms. The van der Waals surface area contributed by atoms with Crippen LogP contribution in [0, 0.1) is 0 Å². The highest BCUT2D eigenvalue weighted by Crippen LogP contribution is 2.10. The van der Waals surface area contributed by atoms with Crippen molar-refractivity contribution >= 4 is 6.16 Å². The quantitative estimate of drug-likeness (QED) is 0.556. The molecule has 64 valence electrons. The fourth-order valence-corrected chi connectivity index (χ4v) is 1.22. The first-order valence-electron chi connectivity index (χ1n) is 3.81. The van der Waals surface area contributed by atoms with E-state index in [1.807, 2.05) is 0 Å². The van der Waals surface area contributed by atoms with Gasteiger partial charge in [-0.3, -0.25) is 0 Å². The van der Waals surface area contributed by atoms with E-state index in [0.717, 1.165) is 12.8 Å². The van der Waals surface area contributed by atoms with Crippen molar-refractivity contribution in [1.29, 1.82) is 0 Å². The Kier molecular flexibility index (Phi) is 2.70. The predicted octanol–water partition coefficient (Wildman–Crippen LogP) is 0.822. The average molecular weight is 159 g/mol. The number of carbonyl (C=O) groups is 1. The van der Waals surface area contributed by atoms with E-state index in [9.17, 15) is 4.79 Å². The van der Waals surface area contributed by atoms with Crippen molar-refractivity contribution in [1.82, 2.24) is 5.32 Å². The van der Waals surface area contributed by atoms with Crippen LogP contribution in [0.25, 0.3) is 0 Å². The Morgan fingerprint density at radius 2 is 2.36 bits per heavy atom. The Hall–Kier alpha value is -0.770. The predicted molar refractivity (Wildman–Crippen MR) is 39.6 cm³/mol. The van der Waals surface area contributed by atoms with Crippen LogP contribution in [0.1, 0.15) is 19.8 Å². The Labute approximate surface area is 65.5 Å². The number of piperidine rings is 1. The molecule has 1 rings (SSSR count). The molecule has 4 heteroatoms. The monoisotopic (exact) mass is 159 g/mol. The van der Waals surface area contributed by atoms with E-state index in [0.29, 0.717) is 12.6 Å². The maximum atomic E-state index is 10.1. The van der Waals surface area contributed by atoms with Gasteiger partial charge >= 0.3 is 6.16 Å². The fraction of sp³-hybridized carbons (Fsp3) is 0.857. The molecule has 1 saturated heterocycles. The van der Waals surface area contributed by atoms with Crippen LogP contribution >= 0.6 is 0 Å². The lowest BCUT2D eigenvalue weighted by Gasteiger charge is -2.26. The number of hydrogen-bond acceptors (Lipinski definition) is 3. The SMILES string of the molecule is CC1CCC(OC(=O)O)CN1. The summed E-state index contributed by atoms with van der Waals surface area (Å²) in [5.74, 6) is 0. The Bertz CT molecular complexity index is 141. The zero-order valence-electron chi connectivity index (χ0n) is 6.54. The molecule has 1 aliphatic heterocycles. The van der Waals surface area contributed by atoms with Gasteiger partial charge in [0.15, 0.2) is 0 Å². The van der Waals surface area contributed by atoms with E-state index in [4.69, 9.17) is 5.11 Å². The fourth-order valence-electron chi connectivity index (χ4n) is 1.22. The van der Waals surface area contributed by atoms with Gasteiger partial charge in [0.05, 0.1) is 0 Å². The Morgan fingerprint density at radius 3 is 2.82 bits per heavy atom. The van der Waals surface area contributed by atoms with E-state index in [1.54, 1.807) is 0 Å². The summed E-state index contributed by atoms with van der Waals surface area (Å²) in [4.78, 5) is 10.1. The number of rotatable bonds is 1. The molecule has 0 aromatic heterocycles. The molecule has 0 radical (unpaired) electrons. The lowest BCUT2D eigenvalue weighted by molar-refractivity contribution is 0.0372. The molecule has 0 spiro atoms. The van der Waals surface area contributed by atoms with Gasteiger partial charge in [-0.15, -0.1) is 0 Å². The van der Waals surface area contributed by atoms with Gasteiger partial charge in [0.25, 0.3) is 0 Å². The van der Waals surface area contributed by atoms with Crippen molar-refractivity contribution in [3.8, 4) is 0 Å². The molecule has 1 fully saturated rings. The molecule has 4 nitrogen and oxygen atoms in total. The number of carboxylic acid groups (broad SMARTS) is 1. The van der Waals surface area contributed by atoms with Gasteiger partial charge in [0.2, 0.25) is 0 Å². The summed E-state index contributed by atoms with van der Waals surface area (Å²) >= 11 is 0. The number of nitrogens with one attached hydrogen (secondary N) is 1. The van der Waals surface area contributed by atoms with Gasteiger partial charge in [-0.05, 0) is 19.8 Å². The summed E-state index contributed by atoms with van der Waals surface area (Å²) in [6, 6.07) is 0.489. The molecule has 0 aromatic carbocycles. The number of hydrogen-bond donors (Lipinski definition) is 2. The summed E-state index contributed by atoms with van der Waals surface area (Å²) < 4.78 is 4.59. The van der Waals surface area contributed by atoms with Gasteiger partial charge in [-0.25, -0.2) is 4.79 Å². The average Bonchev–Trinajstić information content (AvgIpc) is 1.93. The molecule has 1 aliphatic rings. The van der Waals surface area contributed by atoms with Crippen LogP contribution in [0.2, 0.25) is 0 Å². The zero-order chi connectivity index (χ0) is 8.27. The van der Waals surface area contributed by atoms with Crippen molar-refractivity contribution in [2.75, 3.05) is 6.54 Å². The third-order valence-corrected chi connectivity index (χ3v) is 1.88. The van der Waals surface area contributed by atoms with Gasteiger partial charge in [0.1, 0.15) is 6.10 Å². The van der Waals surface area contributed by atoms with Gasteiger partial charge < -0.3 is 15.2 Å². The van der Waals surface area contributed by atoms with Gasteiger partial charge in [-0.2, -0.15) is 0 Å². The first kappa shape index (κ1) is 8.33. The Morgan fingerprint density at radius 1 is 1.64 bits per heavy atom. The van der Waals surface area contributed by atoms with E-state index >= 15 is 0 Å². The van der Waals surface area contributed by atoms with Crippen molar-refractivity contribution in [3.05, 3.63) is 0 Å². The third kappa shape index (κ3) is 2.76. The summed E-state index contributed by atoms with van der Waals surface area (Å²) in [7, 11) is 0. The first-order valence-corrected chi connectivity index (χ1v) is 3.81. The smallest absolute Gasteiger partial charge is 0.450 e. The third-order valence-electron chi connectivity index (χ3n) is 1.88. The van der Waals surface area contributed by atoms with Crippen LogP contribution in [0.15, 0.2) is 0 Å². The molecule has 2 N–H and O–H groups in total. The minimum absolute atomic E-state index is 0.149. The summed E-state index contributed by atoms with van der Waals surface area (Å²) in [5.41, 5.74) is 0. The molecule has 2 unspecified atom stereocenters. The second-order valence-corrected chi connectivity index (χ2v) is 2.89. The highest BCUT2D eigenvalue weighted by Gasteiger charge is 2.20. The van der Waals surface area contributed by atoms with E-state index in [1.165, 1.54) is 0 Å². The molecular weight excluding hydrogens is 146 g/mol. The summed E-state index contributed by atoms with van der Waals surface area (Å²) in [6.45, 7) is 2.73. The summed E-state index contributed by atoms with van der Waals surface area (Å²) in [5, 5.41) is 11.4. The van der Waals surface area contributed by atoms with Crippen molar-refractivity contribution < 1.29 is 14.6 Å². The lowest BCUT2D eigenvalue weighted by atomic mass is 10.0. The molecule has 0 amide bonds. The van der Waals surface area contributed by atoms with Crippen LogP contribution in [-0.4, -0.2) is 30.0 Å². The van der Waals surface area contributed by atoms with Crippen LogP contribution < -0.4 is 5.32 Å². The van der Waals surface area contributed by atoms with Crippen molar-refractivity contribution in [3.63, 3.8) is 0 Å². The highest BCUT2D eigenvalue weighted by atomic mass is 16.7. The van der Waals surface area contributed by atoms with Crippen LogP contribution in [0.4, 0.5) is 4.79 Å². The van der Waals surface area contributed by atoms with Crippen molar-refractivity contribution in [2.24, 2.45) is 0 Å². The minimum Gasteiger partial charge on any atom is -0.450 e. The molecule has 2 atom stereocenters. The Balaban J connectivity index is 2.22. The van der Waals surface area contributed by atoms with Gasteiger partial charge in [0, 0.05) is 12.6 Å². The first-order chi connectivity index (χ1) is 5.18. The van der Waals surface area contributed by atoms with E-state index < -0.39 is 6.16 Å². The number of ether oxygens (including phenoxy) is 1. The van der Waals surface area contributed by atoms with Crippen molar-refractivity contribution in [2.45, 2.75) is 31.9 Å². The molecule has 1 heterocycles. The molecule has 11 heavy (non-hydrogen) atoms. The topological polar surface area (TPSA) is 58.6 Å². The largest absolute Gasteiger partial charge is 0.506 e. The second kappa shape index (κ2) is 3.57. The minimum atomic E-state index is -1.17. The molecule has 0 saturated carbocycles. The normalized spacial score (nSPS) is 31.4. The second-order valence-electron chi connectivity index (χ2n) is 2.89. The van der Waals surface area contributed by atoms with Crippen LogP contribution in [0.5, 0.6) is 0 Å². The van der Waals surface area contributed by atoms with E-state index in [-0.39, 0.29) is 6.10 Å². The standard InChI is InChI=1S/C7H13NO3/c1-5-2-3-6(4-8-5)11-7(9)10/h5-6,8H,2-4H2,1H3,(H,9,10). The lowest BCUT2D eigenvalue weighted by Crippen LogP contribution is -2.41. The molecule has 0 aliphatic carbocycles. The van der Waals surface area contributed by atoms with Gasteiger partial charge in [-0.1, -0.05) is 0 Å².